The predicted molar refractivity (Wildman–Crippen MR) is 94.7 cm³/mol. The fraction of sp³-hybridized carbons (Fsp3) is 0.944. The molecule has 0 bridgehead atoms. The van der Waals surface area contributed by atoms with Gasteiger partial charge >= 0.3 is 0 Å². The summed E-state index contributed by atoms with van der Waals surface area (Å²) in [7, 11) is 0. The minimum Gasteiger partial charge on any atom is -0.390 e. The molecule has 0 aromatic heterocycles. The zero-order valence-corrected chi connectivity index (χ0v) is 14.9. The van der Waals surface area contributed by atoms with Crippen LogP contribution >= 0.6 is 0 Å². The van der Waals surface area contributed by atoms with Gasteiger partial charge in [0, 0.05) is 6.42 Å². The third-order valence-electron chi connectivity index (χ3n) is 4.36. The zero-order chi connectivity index (χ0) is 17.3. The Morgan fingerprint density at radius 1 is 0.826 bits per heavy atom. The molecule has 1 amide bonds. The molecule has 138 valence electrons. The summed E-state index contributed by atoms with van der Waals surface area (Å²) in [5.74, 6) is 4.90. The van der Waals surface area contributed by atoms with Crippen LogP contribution in [0.4, 0.5) is 0 Å². The van der Waals surface area contributed by atoms with Crippen LogP contribution in [0.5, 0.6) is 0 Å². The highest BCUT2D eigenvalue weighted by Gasteiger charge is 2.15. The summed E-state index contributed by atoms with van der Waals surface area (Å²) < 4.78 is 0. The van der Waals surface area contributed by atoms with E-state index in [2.05, 4.69) is 12.3 Å². The molecule has 0 aromatic rings. The van der Waals surface area contributed by atoms with Gasteiger partial charge in [-0.1, -0.05) is 71.1 Å². The topological polar surface area (TPSA) is 95.6 Å². The maximum absolute atomic E-state index is 10.9. The SMILES string of the molecule is CCCCCCCCC(O)C(O)CCCCCCCC(=O)NN. The van der Waals surface area contributed by atoms with Crippen LogP contribution in [-0.4, -0.2) is 28.3 Å². The fourth-order valence-electron chi connectivity index (χ4n) is 2.76. The van der Waals surface area contributed by atoms with Crippen LogP contribution in [0.2, 0.25) is 0 Å². The molecule has 0 rings (SSSR count). The van der Waals surface area contributed by atoms with Gasteiger partial charge in [-0.25, -0.2) is 5.84 Å². The molecule has 5 heteroatoms. The summed E-state index contributed by atoms with van der Waals surface area (Å²) in [5, 5.41) is 19.9. The van der Waals surface area contributed by atoms with Crippen molar-refractivity contribution in [1.82, 2.24) is 5.43 Å². The van der Waals surface area contributed by atoms with E-state index < -0.39 is 12.2 Å². The van der Waals surface area contributed by atoms with Crippen LogP contribution in [0.1, 0.15) is 96.8 Å². The molecule has 23 heavy (non-hydrogen) atoms. The van der Waals surface area contributed by atoms with Gasteiger partial charge in [0.2, 0.25) is 5.91 Å². The van der Waals surface area contributed by atoms with Crippen molar-refractivity contribution in [2.24, 2.45) is 5.84 Å². The summed E-state index contributed by atoms with van der Waals surface area (Å²) in [4.78, 5) is 10.9. The summed E-state index contributed by atoms with van der Waals surface area (Å²) >= 11 is 0. The lowest BCUT2D eigenvalue weighted by Gasteiger charge is -2.17. The van der Waals surface area contributed by atoms with Crippen molar-refractivity contribution in [3.63, 3.8) is 0 Å². The van der Waals surface area contributed by atoms with Gasteiger partial charge in [0.15, 0.2) is 0 Å². The van der Waals surface area contributed by atoms with E-state index in [1.54, 1.807) is 0 Å². The molecule has 5 N–H and O–H groups in total. The van der Waals surface area contributed by atoms with Crippen molar-refractivity contribution in [3.05, 3.63) is 0 Å². The van der Waals surface area contributed by atoms with Crippen LogP contribution in [0.15, 0.2) is 0 Å². The van der Waals surface area contributed by atoms with Gasteiger partial charge in [0.25, 0.3) is 0 Å². The van der Waals surface area contributed by atoms with E-state index >= 15 is 0 Å². The third-order valence-corrected chi connectivity index (χ3v) is 4.36. The van der Waals surface area contributed by atoms with E-state index in [4.69, 9.17) is 5.84 Å². The van der Waals surface area contributed by atoms with Crippen molar-refractivity contribution in [2.75, 3.05) is 0 Å². The van der Waals surface area contributed by atoms with Crippen LogP contribution in [0, 0.1) is 0 Å². The lowest BCUT2D eigenvalue weighted by molar-refractivity contribution is -0.121. The maximum atomic E-state index is 10.9. The van der Waals surface area contributed by atoms with Crippen LogP contribution in [-0.2, 0) is 4.79 Å². The molecule has 0 aliphatic rings. The Hall–Kier alpha value is -0.650. The molecule has 0 saturated heterocycles. The minimum absolute atomic E-state index is 0.113. The zero-order valence-electron chi connectivity index (χ0n) is 14.9. The molecular weight excluding hydrogens is 292 g/mol. The molecule has 0 aliphatic heterocycles. The van der Waals surface area contributed by atoms with Gasteiger partial charge in [-0.15, -0.1) is 0 Å². The Bertz CT molecular complexity index is 275. The Morgan fingerprint density at radius 2 is 1.26 bits per heavy atom. The van der Waals surface area contributed by atoms with E-state index in [1.807, 2.05) is 0 Å². The number of rotatable bonds is 16. The number of aliphatic hydroxyl groups is 2. The first-order valence-electron chi connectivity index (χ1n) is 9.47. The van der Waals surface area contributed by atoms with Gasteiger partial charge < -0.3 is 10.2 Å². The first-order valence-corrected chi connectivity index (χ1v) is 9.47. The number of hydrazine groups is 1. The number of nitrogens with two attached hydrogens (primary N) is 1. The second-order valence-corrected chi connectivity index (χ2v) is 6.57. The number of aliphatic hydroxyl groups excluding tert-OH is 2. The average molecular weight is 331 g/mol. The largest absolute Gasteiger partial charge is 0.390 e. The summed E-state index contributed by atoms with van der Waals surface area (Å²) in [6.07, 6.45) is 12.8. The van der Waals surface area contributed by atoms with Crippen LogP contribution in [0.3, 0.4) is 0 Å². The third kappa shape index (κ3) is 14.7. The van der Waals surface area contributed by atoms with Crippen LogP contribution < -0.4 is 11.3 Å². The van der Waals surface area contributed by atoms with Crippen molar-refractivity contribution in [3.8, 4) is 0 Å². The molecule has 2 unspecified atom stereocenters. The number of carbonyl (C=O) groups is 1. The number of carbonyl (C=O) groups excluding carboxylic acids is 1. The Kier molecular flexibility index (Phi) is 15.8. The summed E-state index contributed by atoms with van der Waals surface area (Å²) in [6, 6.07) is 0. The monoisotopic (exact) mass is 330 g/mol. The Labute approximate surface area is 142 Å². The van der Waals surface area contributed by atoms with E-state index in [0.29, 0.717) is 19.3 Å². The van der Waals surface area contributed by atoms with Crippen molar-refractivity contribution >= 4 is 5.91 Å². The average Bonchev–Trinajstić information content (AvgIpc) is 2.56. The number of amides is 1. The second kappa shape index (κ2) is 16.2. The first-order chi connectivity index (χ1) is 11.1. The molecule has 0 spiro atoms. The highest BCUT2D eigenvalue weighted by atomic mass is 16.3. The molecule has 2 atom stereocenters. The Balaban J connectivity index is 3.40. The van der Waals surface area contributed by atoms with Gasteiger partial charge in [-0.3, -0.25) is 10.2 Å². The van der Waals surface area contributed by atoms with Crippen molar-refractivity contribution in [1.29, 1.82) is 0 Å². The molecular formula is C18H38N2O3. The predicted octanol–water partition coefficient (Wildman–Crippen LogP) is 3.18. The summed E-state index contributed by atoms with van der Waals surface area (Å²) in [6.45, 7) is 2.21. The smallest absolute Gasteiger partial charge is 0.233 e. The first kappa shape index (κ1) is 22.4. The van der Waals surface area contributed by atoms with Crippen LogP contribution in [0.25, 0.3) is 0 Å². The van der Waals surface area contributed by atoms with Crippen molar-refractivity contribution < 1.29 is 15.0 Å². The second-order valence-electron chi connectivity index (χ2n) is 6.57. The minimum atomic E-state index is -0.589. The normalized spacial score (nSPS) is 13.7. The molecule has 0 saturated carbocycles. The molecule has 0 aromatic carbocycles. The molecule has 0 radical (unpaired) electrons. The number of hydrogen-bond donors (Lipinski definition) is 4. The number of nitrogens with one attached hydrogen (secondary N) is 1. The lowest BCUT2D eigenvalue weighted by Crippen LogP contribution is -2.29. The van der Waals surface area contributed by atoms with Gasteiger partial charge in [-0.05, 0) is 19.3 Å². The van der Waals surface area contributed by atoms with E-state index in [-0.39, 0.29) is 5.91 Å². The highest BCUT2D eigenvalue weighted by Crippen LogP contribution is 2.15. The lowest BCUT2D eigenvalue weighted by atomic mass is 9.99. The molecule has 0 fully saturated rings. The number of hydrogen-bond acceptors (Lipinski definition) is 4. The maximum Gasteiger partial charge on any atom is 0.233 e. The van der Waals surface area contributed by atoms with Gasteiger partial charge in [0.1, 0.15) is 0 Å². The quantitative estimate of drug-likeness (QED) is 0.151. The van der Waals surface area contributed by atoms with Crippen molar-refractivity contribution in [2.45, 2.75) is 109 Å². The molecule has 5 nitrogen and oxygen atoms in total. The Morgan fingerprint density at radius 3 is 1.74 bits per heavy atom. The molecule has 0 aliphatic carbocycles. The van der Waals surface area contributed by atoms with E-state index in [1.165, 1.54) is 25.7 Å². The van der Waals surface area contributed by atoms with E-state index in [0.717, 1.165) is 44.9 Å². The van der Waals surface area contributed by atoms with E-state index in [9.17, 15) is 15.0 Å². The number of unbranched alkanes of at least 4 members (excludes halogenated alkanes) is 9. The van der Waals surface area contributed by atoms with Gasteiger partial charge in [0.05, 0.1) is 12.2 Å². The standard InChI is InChI=1S/C18H38N2O3/c1-2-3-4-5-7-10-13-16(21)17(22)14-11-8-6-9-12-15-18(23)20-19/h16-17,21-22H,2-15,19H2,1H3,(H,20,23). The highest BCUT2D eigenvalue weighted by molar-refractivity contribution is 5.74. The van der Waals surface area contributed by atoms with Gasteiger partial charge in [-0.2, -0.15) is 0 Å². The summed E-state index contributed by atoms with van der Waals surface area (Å²) in [5.41, 5.74) is 2.13. The fourth-order valence-corrected chi connectivity index (χ4v) is 2.76. The molecule has 0 heterocycles.